The molecule has 1 aromatic rings. The van der Waals surface area contributed by atoms with Gasteiger partial charge in [0.2, 0.25) is 5.91 Å². The fraction of sp³-hybridized carbons (Fsp3) is 0.619. The first kappa shape index (κ1) is 23.8. The van der Waals surface area contributed by atoms with Crippen LogP contribution in [0.25, 0.3) is 0 Å². The molecule has 0 saturated carbocycles. The van der Waals surface area contributed by atoms with E-state index in [2.05, 4.69) is 29.4 Å². The summed E-state index contributed by atoms with van der Waals surface area (Å²) in [6, 6.07) is 7.23. The zero-order valence-electron chi connectivity index (χ0n) is 18.0. The number of amides is 2. The molecule has 1 aromatic carbocycles. The lowest BCUT2D eigenvalue weighted by Gasteiger charge is -2.31. The van der Waals surface area contributed by atoms with Gasteiger partial charge in [-0.2, -0.15) is 0 Å². The highest BCUT2D eigenvalue weighted by atomic mass is 16.5. The monoisotopic (exact) mass is 393 g/mol. The maximum atomic E-state index is 12.8. The smallest absolute Gasteiger partial charge is 0.407 e. The number of hydrogen-bond acceptors (Lipinski definition) is 5. The van der Waals surface area contributed by atoms with Crippen molar-refractivity contribution in [1.29, 1.82) is 0 Å². The van der Waals surface area contributed by atoms with Crippen molar-refractivity contribution in [3.63, 3.8) is 0 Å². The Hall–Kier alpha value is -2.28. The summed E-state index contributed by atoms with van der Waals surface area (Å²) >= 11 is 0. The number of methoxy groups -OCH3 is 1. The Morgan fingerprint density at radius 2 is 1.82 bits per heavy atom. The summed E-state index contributed by atoms with van der Waals surface area (Å²) in [5.41, 5.74) is 1.07. The maximum absolute atomic E-state index is 12.8. The van der Waals surface area contributed by atoms with Gasteiger partial charge in [0, 0.05) is 6.54 Å². The number of carbonyl (C=O) groups excluding carboxylic acids is 2. The van der Waals surface area contributed by atoms with Crippen molar-refractivity contribution in [3.8, 4) is 5.75 Å². The highest BCUT2D eigenvalue weighted by Gasteiger charge is 2.26. The number of benzene rings is 1. The first-order chi connectivity index (χ1) is 13.4. The summed E-state index contributed by atoms with van der Waals surface area (Å²) in [4.78, 5) is 26.8. The molecular weight excluding hydrogens is 358 g/mol. The van der Waals surface area contributed by atoms with E-state index >= 15 is 0 Å². The molecule has 0 aliphatic heterocycles. The zero-order valence-corrected chi connectivity index (χ0v) is 18.0. The van der Waals surface area contributed by atoms with Gasteiger partial charge in [0.1, 0.15) is 11.8 Å². The van der Waals surface area contributed by atoms with Crippen molar-refractivity contribution in [2.75, 3.05) is 33.4 Å². The fourth-order valence-electron chi connectivity index (χ4n) is 3.11. The van der Waals surface area contributed by atoms with E-state index in [-0.39, 0.29) is 24.5 Å². The fourth-order valence-corrected chi connectivity index (χ4v) is 3.11. The first-order valence-corrected chi connectivity index (χ1v) is 9.96. The second-order valence-electron chi connectivity index (χ2n) is 6.85. The molecule has 28 heavy (non-hydrogen) atoms. The highest BCUT2D eigenvalue weighted by molar-refractivity contribution is 5.85. The standard InChI is InChI=1S/C21H35N3O4/c1-7-24(8-2)18(16-11-10-12-17(13-16)27-6)14-22-20(25)19(15(4)5)23-21(26)28-9-3/h10-13,15,18-19H,7-9,14H2,1-6H3,(H,22,25)(H,23,26). The molecule has 2 unspecified atom stereocenters. The van der Waals surface area contributed by atoms with Gasteiger partial charge in [0.25, 0.3) is 0 Å². The van der Waals surface area contributed by atoms with Gasteiger partial charge in [0.05, 0.1) is 19.8 Å². The van der Waals surface area contributed by atoms with Crippen molar-refractivity contribution in [2.45, 2.75) is 46.7 Å². The van der Waals surface area contributed by atoms with Crippen molar-refractivity contribution >= 4 is 12.0 Å². The van der Waals surface area contributed by atoms with Crippen LogP contribution in [0.15, 0.2) is 24.3 Å². The van der Waals surface area contributed by atoms with Crippen LogP contribution in [0.4, 0.5) is 4.79 Å². The summed E-state index contributed by atoms with van der Waals surface area (Å²) in [5.74, 6) is 0.501. The van der Waals surface area contributed by atoms with Crippen molar-refractivity contribution < 1.29 is 19.1 Å². The molecule has 7 heteroatoms. The SMILES string of the molecule is CCOC(=O)NC(C(=O)NCC(c1cccc(OC)c1)N(CC)CC)C(C)C. The first-order valence-electron chi connectivity index (χ1n) is 9.96. The van der Waals surface area contributed by atoms with Crippen LogP contribution in [-0.4, -0.2) is 56.3 Å². The predicted octanol–water partition coefficient (Wildman–Crippen LogP) is 2.97. The molecule has 158 valence electrons. The molecule has 0 spiro atoms. The number of carbonyl (C=O) groups is 2. The molecule has 2 atom stereocenters. The topological polar surface area (TPSA) is 79.9 Å². The molecule has 0 aromatic heterocycles. The Morgan fingerprint density at radius 3 is 2.36 bits per heavy atom. The normalized spacial score (nSPS) is 13.1. The summed E-state index contributed by atoms with van der Waals surface area (Å²) in [5, 5.41) is 5.65. The largest absolute Gasteiger partial charge is 0.497 e. The van der Waals surface area contributed by atoms with Gasteiger partial charge in [-0.3, -0.25) is 9.69 Å². The van der Waals surface area contributed by atoms with Crippen LogP contribution in [0.3, 0.4) is 0 Å². The molecule has 0 fully saturated rings. The summed E-state index contributed by atoms with van der Waals surface area (Å²) in [6.45, 7) is 12.1. The van der Waals surface area contributed by atoms with E-state index in [0.717, 1.165) is 24.4 Å². The molecule has 1 rings (SSSR count). The van der Waals surface area contributed by atoms with Gasteiger partial charge in [-0.1, -0.05) is 39.8 Å². The molecule has 2 amide bonds. The number of rotatable bonds is 11. The average molecular weight is 394 g/mol. The van der Waals surface area contributed by atoms with E-state index < -0.39 is 12.1 Å². The van der Waals surface area contributed by atoms with Crippen LogP contribution in [0, 0.1) is 5.92 Å². The van der Waals surface area contributed by atoms with Gasteiger partial charge in [0.15, 0.2) is 0 Å². The minimum absolute atomic E-state index is 0.00413. The van der Waals surface area contributed by atoms with Crippen LogP contribution in [0.1, 0.15) is 46.2 Å². The molecule has 0 heterocycles. The minimum atomic E-state index is -0.651. The number of alkyl carbamates (subject to hydrolysis) is 1. The number of ether oxygens (including phenoxy) is 2. The molecule has 0 radical (unpaired) electrons. The molecule has 0 saturated heterocycles. The molecule has 0 aliphatic carbocycles. The van der Waals surface area contributed by atoms with Crippen LogP contribution in [0.5, 0.6) is 5.75 Å². The Morgan fingerprint density at radius 1 is 1.14 bits per heavy atom. The van der Waals surface area contributed by atoms with E-state index in [1.54, 1.807) is 14.0 Å². The average Bonchev–Trinajstić information content (AvgIpc) is 2.69. The second kappa shape index (κ2) is 12.2. The molecule has 0 bridgehead atoms. The number of hydrogen-bond donors (Lipinski definition) is 2. The van der Waals surface area contributed by atoms with Gasteiger partial charge >= 0.3 is 6.09 Å². The number of nitrogens with zero attached hydrogens (tertiary/aromatic N) is 1. The molecule has 7 nitrogen and oxygen atoms in total. The molecular formula is C21H35N3O4. The van der Waals surface area contributed by atoms with Crippen LogP contribution < -0.4 is 15.4 Å². The quantitative estimate of drug-likeness (QED) is 0.604. The van der Waals surface area contributed by atoms with Crippen LogP contribution in [-0.2, 0) is 9.53 Å². The number of likely N-dealkylation sites (N-methyl/N-ethyl adjacent to an activating group) is 1. The van der Waals surface area contributed by atoms with Gasteiger partial charge in [-0.15, -0.1) is 0 Å². The molecule has 2 N–H and O–H groups in total. The Labute approximate surface area is 168 Å². The minimum Gasteiger partial charge on any atom is -0.497 e. The van der Waals surface area contributed by atoms with Crippen molar-refractivity contribution in [2.24, 2.45) is 5.92 Å². The summed E-state index contributed by atoms with van der Waals surface area (Å²) in [6.07, 6.45) is -0.579. The Kier molecular flexibility index (Phi) is 10.4. The lowest BCUT2D eigenvalue weighted by molar-refractivity contribution is -0.124. The third-order valence-corrected chi connectivity index (χ3v) is 4.70. The van der Waals surface area contributed by atoms with E-state index in [0.29, 0.717) is 6.54 Å². The second-order valence-corrected chi connectivity index (χ2v) is 6.85. The Bertz CT molecular complexity index is 617. The number of nitrogens with one attached hydrogen (secondary N) is 2. The van der Waals surface area contributed by atoms with Crippen molar-refractivity contribution in [3.05, 3.63) is 29.8 Å². The summed E-state index contributed by atoms with van der Waals surface area (Å²) < 4.78 is 10.3. The van der Waals surface area contributed by atoms with E-state index in [9.17, 15) is 9.59 Å². The lowest BCUT2D eigenvalue weighted by Crippen LogP contribution is -2.51. The Balaban J connectivity index is 2.92. The van der Waals surface area contributed by atoms with Gasteiger partial charge in [-0.25, -0.2) is 4.79 Å². The van der Waals surface area contributed by atoms with Gasteiger partial charge in [-0.05, 0) is 43.6 Å². The van der Waals surface area contributed by atoms with Crippen molar-refractivity contribution in [1.82, 2.24) is 15.5 Å². The van der Waals surface area contributed by atoms with E-state index in [1.165, 1.54) is 0 Å². The highest BCUT2D eigenvalue weighted by Crippen LogP contribution is 2.24. The van der Waals surface area contributed by atoms with Crippen LogP contribution >= 0.6 is 0 Å². The van der Waals surface area contributed by atoms with Crippen LogP contribution in [0.2, 0.25) is 0 Å². The third kappa shape index (κ3) is 7.03. The third-order valence-electron chi connectivity index (χ3n) is 4.70. The predicted molar refractivity (Wildman–Crippen MR) is 110 cm³/mol. The van der Waals surface area contributed by atoms with E-state index in [4.69, 9.17) is 9.47 Å². The maximum Gasteiger partial charge on any atom is 0.407 e. The summed E-state index contributed by atoms with van der Waals surface area (Å²) in [7, 11) is 1.64. The molecule has 0 aliphatic rings. The lowest BCUT2D eigenvalue weighted by atomic mass is 10.0. The van der Waals surface area contributed by atoms with Gasteiger partial charge < -0.3 is 20.1 Å². The van der Waals surface area contributed by atoms with E-state index in [1.807, 2.05) is 38.1 Å². The zero-order chi connectivity index (χ0) is 21.1.